The van der Waals surface area contributed by atoms with Crippen LogP contribution >= 0.6 is 7.37 Å². The lowest BCUT2D eigenvalue weighted by Crippen LogP contribution is -2.16. The van der Waals surface area contributed by atoms with E-state index in [2.05, 4.69) is 15.3 Å². The standard InChI is InChI=1S/C26H32N3O8PS/c1-5-35-38(3,32)17-20-15-28-25(16-27-20)29-26(31)19-12-22(36-18(2)10-11-30)14-23(13-19)37-21-6-8-24(9-7-21)39(4,33)34/h6-9,12-16,18,30H,5,10-11,17H2,1-4H3,(H,28,29,31)/t18-,38?/m0/s1. The van der Waals surface area contributed by atoms with Gasteiger partial charge in [0, 0.05) is 37.6 Å². The highest BCUT2D eigenvalue weighted by molar-refractivity contribution is 7.90. The fourth-order valence-electron chi connectivity index (χ4n) is 3.50. The average Bonchev–Trinajstić information content (AvgIpc) is 2.84. The number of aromatic nitrogens is 2. The van der Waals surface area contributed by atoms with E-state index in [1.165, 1.54) is 55.5 Å². The molecule has 0 aliphatic heterocycles. The third kappa shape index (κ3) is 9.43. The second kappa shape index (κ2) is 13.2. The summed E-state index contributed by atoms with van der Waals surface area (Å²) in [5.41, 5.74) is 0.671. The van der Waals surface area contributed by atoms with Crippen LogP contribution in [0.5, 0.6) is 17.2 Å². The smallest absolute Gasteiger partial charge is 0.257 e. The van der Waals surface area contributed by atoms with Gasteiger partial charge in [0.1, 0.15) is 17.2 Å². The van der Waals surface area contributed by atoms with Crippen LogP contribution in [0.25, 0.3) is 0 Å². The van der Waals surface area contributed by atoms with Crippen LogP contribution < -0.4 is 14.8 Å². The van der Waals surface area contributed by atoms with Gasteiger partial charge in [-0.3, -0.25) is 14.3 Å². The minimum absolute atomic E-state index is 0.0654. The van der Waals surface area contributed by atoms with E-state index in [9.17, 15) is 22.9 Å². The van der Waals surface area contributed by atoms with Crippen LogP contribution in [0.2, 0.25) is 0 Å². The van der Waals surface area contributed by atoms with Gasteiger partial charge in [-0.1, -0.05) is 0 Å². The van der Waals surface area contributed by atoms with Crippen molar-refractivity contribution in [2.24, 2.45) is 0 Å². The predicted octanol–water partition coefficient (Wildman–Crippen LogP) is 4.52. The molecule has 2 atom stereocenters. The van der Waals surface area contributed by atoms with E-state index in [4.69, 9.17) is 14.0 Å². The van der Waals surface area contributed by atoms with Gasteiger partial charge in [0.05, 0.1) is 41.9 Å². The molecular formula is C26H32N3O8PS. The number of hydrogen-bond donors (Lipinski definition) is 2. The van der Waals surface area contributed by atoms with Crippen LogP contribution in [0.4, 0.5) is 5.82 Å². The summed E-state index contributed by atoms with van der Waals surface area (Å²) in [7, 11) is -6.20. The summed E-state index contributed by atoms with van der Waals surface area (Å²) in [6.45, 7) is 5.34. The normalized spacial score (nSPS) is 13.8. The van der Waals surface area contributed by atoms with Gasteiger partial charge in [-0.2, -0.15) is 0 Å². The van der Waals surface area contributed by atoms with Gasteiger partial charge in [0.25, 0.3) is 5.91 Å². The van der Waals surface area contributed by atoms with E-state index in [0.29, 0.717) is 30.2 Å². The molecule has 2 N–H and O–H groups in total. The maximum atomic E-state index is 13.1. The van der Waals surface area contributed by atoms with Gasteiger partial charge in [0.2, 0.25) is 7.37 Å². The molecule has 0 saturated heterocycles. The number of nitrogens with zero attached hydrogens (tertiary/aromatic N) is 2. The van der Waals surface area contributed by atoms with Gasteiger partial charge in [-0.05, 0) is 50.2 Å². The quantitative estimate of drug-likeness (QED) is 0.277. The lowest BCUT2D eigenvalue weighted by atomic mass is 10.1. The summed E-state index contributed by atoms with van der Waals surface area (Å²) in [4.78, 5) is 21.6. The SMILES string of the molecule is CCOP(C)(=O)Cc1cnc(NC(=O)c2cc(Oc3ccc(S(C)(=O)=O)cc3)cc(O[C@@H](C)CCO)c2)cn1. The van der Waals surface area contributed by atoms with E-state index < -0.39 is 23.1 Å². The Kier molecular flexibility index (Phi) is 10.2. The second-order valence-corrected chi connectivity index (χ2v) is 13.5. The lowest BCUT2D eigenvalue weighted by molar-refractivity contribution is 0.102. The largest absolute Gasteiger partial charge is 0.490 e. The third-order valence-electron chi connectivity index (χ3n) is 5.30. The third-order valence-corrected chi connectivity index (χ3v) is 8.13. The Morgan fingerprint density at radius 3 is 2.36 bits per heavy atom. The van der Waals surface area contributed by atoms with Gasteiger partial charge >= 0.3 is 0 Å². The number of ether oxygens (including phenoxy) is 2. The summed E-state index contributed by atoms with van der Waals surface area (Å²) in [5.74, 6) is 0.644. The average molecular weight is 578 g/mol. The number of hydrogen-bond acceptors (Lipinski definition) is 10. The molecule has 11 nitrogen and oxygen atoms in total. The van der Waals surface area contributed by atoms with Gasteiger partial charge in [-0.15, -0.1) is 0 Å². The monoisotopic (exact) mass is 577 g/mol. The van der Waals surface area contributed by atoms with E-state index in [1.807, 2.05) is 0 Å². The summed E-state index contributed by atoms with van der Waals surface area (Å²) >= 11 is 0. The predicted molar refractivity (Wildman–Crippen MR) is 147 cm³/mol. The minimum atomic E-state index is -3.36. The van der Waals surface area contributed by atoms with Crippen molar-refractivity contribution in [3.63, 3.8) is 0 Å². The van der Waals surface area contributed by atoms with Crippen molar-refractivity contribution in [1.82, 2.24) is 9.97 Å². The molecule has 2 aromatic carbocycles. The van der Waals surface area contributed by atoms with Gasteiger partial charge in [0.15, 0.2) is 15.7 Å². The molecule has 13 heteroatoms. The molecule has 1 aromatic heterocycles. The number of sulfone groups is 1. The van der Waals surface area contributed by atoms with Gasteiger partial charge < -0.3 is 24.4 Å². The fraction of sp³-hybridized carbons (Fsp3) is 0.346. The first-order chi connectivity index (χ1) is 18.4. The van der Waals surface area contributed by atoms with E-state index in [1.54, 1.807) is 19.9 Å². The molecule has 1 amide bonds. The van der Waals surface area contributed by atoms with E-state index in [0.717, 1.165) is 6.26 Å². The van der Waals surface area contributed by atoms with Crippen molar-refractivity contribution >= 4 is 28.9 Å². The van der Waals surface area contributed by atoms with Crippen LogP contribution in [-0.2, 0) is 25.1 Å². The molecule has 1 unspecified atom stereocenters. The Bertz CT molecular complexity index is 1430. The molecule has 3 aromatic rings. The maximum absolute atomic E-state index is 13.1. The fourth-order valence-corrected chi connectivity index (χ4v) is 5.52. The number of aliphatic hydroxyl groups excluding tert-OH is 1. The highest BCUT2D eigenvalue weighted by Gasteiger charge is 2.18. The molecule has 1 heterocycles. The summed E-state index contributed by atoms with van der Waals surface area (Å²) < 4.78 is 52.8. The topological polar surface area (TPSA) is 154 Å². The molecular weight excluding hydrogens is 545 g/mol. The van der Waals surface area contributed by atoms with Crippen molar-refractivity contribution in [1.29, 1.82) is 0 Å². The highest BCUT2D eigenvalue weighted by Crippen LogP contribution is 2.45. The highest BCUT2D eigenvalue weighted by atomic mass is 32.2. The molecule has 0 saturated carbocycles. The van der Waals surface area contributed by atoms with Gasteiger partial charge in [-0.25, -0.2) is 13.4 Å². The summed E-state index contributed by atoms with van der Waals surface area (Å²) in [6, 6.07) is 10.5. The lowest BCUT2D eigenvalue weighted by Gasteiger charge is -2.16. The van der Waals surface area contributed by atoms with Crippen LogP contribution in [0.15, 0.2) is 59.8 Å². The zero-order valence-corrected chi connectivity index (χ0v) is 23.9. The van der Waals surface area contributed by atoms with Crippen molar-refractivity contribution in [3.8, 4) is 17.2 Å². The summed E-state index contributed by atoms with van der Waals surface area (Å²) in [5, 5.41) is 11.9. The molecule has 0 radical (unpaired) electrons. The molecule has 39 heavy (non-hydrogen) atoms. The molecule has 210 valence electrons. The Morgan fingerprint density at radius 2 is 1.77 bits per heavy atom. The Balaban J connectivity index is 1.81. The van der Waals surface area contributed by atoms with Crippen LogP contribution in [0.3, 0.4) is 0 Å². The first-order valence-corrected chi connectivity index (χ1v) is 16.3. The van der Waals surface area contributed by atoms with Crippen molar-refractivity contribution in [3.05, 3.63) is 66.1 Å². The minimum Gasteiger partial charge on any atom is -0.490 e. The number of anilines is 1. The van der Waals surface area contributed by atoms with E-state index in [-0.39, 0.29) is 40.9 Å². The van der Waals surface area contributed by atoms with Crippen LogP contribution in [-0.4, -0.2) is 61.6 Å². The zero-order valence-electron chi connectivity index (χ0n) is 22.2. The summed E-state index contributed by atoms with van der Waals surface area (Å²) in [6.07, 6.45) is 4.08. The molecule has 0 bridgehead atoms. The number of carbonyl (C=O) groups is 1. The molecule has 0 fully saturated rings. The number of amides is 1. The number of rotatable bonds is 13. The first kappa shape index (κ1) is 30.2. The molecule has 0 spiro atoms. The van der Waals surface area contributed by atoms with Crippen molar-refractivity contribution in [2.45, 2.75) is 37.4 Å². The van der Waals surface area contributed by atoms with Crippen LogP contribution in [0, 0.1) is 0 Å². The molecule has 0 aliphatic carbocycles. The van der Waals surface area contributed by atoms with Crippen molar-refractivity contribution < 1.29 is 36.9 Å². The Hall–Kier alpha value is -3.31. The first-order valence-electron chi connectivity index (χ1n) is 12.1. The zero-order chi connectivity index (χ0) is 28.6. The maximum Gasteiger partial charge on any atom is 0.257 e. The molecule has 0 aliphatic rings. The number of aliphatic hydroxyl groups is 1. The van der Waals surface area contributed by atoms with Crippen molar-refractivity contribution in [2.75, 3.05) is 31.5 Å². The Morgan fingerprint density at radius 1 is 1.08 bits per heavy atom. The van der Waals surface area contributed by atoms with E-state index >= 15 is 0 Å². The van der Waals surface area contributed by atoms with Crippen LogP contribution in [0.1, 0.15) is 36.3 Å². The number of nitrogens with one attached hydrogen (secondary N) is 1. The second-order valence-electron chi connectivity index (χ2n) is 8.92. The Labute approximate surface area is 227 Å². The number of benzene rings is 2. The molecule has 3 rings (SSSR count). The number of carbonyl (C=O) groups excluding carboxylic acids is 1.